The Kier molecular flexibility index (Phi) is 4.00. The summed E-state index contributed by atoms with van der Waals surface area (Å²) < 4.78 is 85.2. The molecule has 0 aliphatic carbocycles. The molecule has 0 bridgehead atoms. The Labute approximate surface area is 144 Å². The highest BCUT2D eigenvalue weighted by molar-refractivity contribution is 7.87. The number of benzene rings is 1. The molecule has 1 aromatic rings. The predicted octanol–water partition coefficient (Wildman–Crippen LogP) is 0.986. The zero-order valence-corrected chi connectivity index (χ0v) is 13.5. The number of fused-ring (bicyclic) bond motifs is 3. The summed E-state index contributed by atoms with van der Waals surface area (Å²) in [7, 11) is -5.99. The molecule has 3 saturated heterocycles. The molecule has 26 heavy (non-hydrogen) atoms. The average Bonchev–Trinajstić information content (AvgIpc) is 3.19. The molecule has 0 aromatic heterocycles. The summed E-state index contributed by atoms with van der Waals surface area (Å²) in [5.41, 5.74) is -5.01. The summed E-state index contributed by atoms with van der Waals surface area (Å²) in [5.74, 6) is -1.28. The van der Waals surface area contributed by atoms with E-state index in [4.69, 9.17) is 18.9 Å². The molecule has 1 aromatic carbocycles. The molecule has 4 rings (SSSR count). The second-order valence-electron chi connectivity index (χ2n) is 5.77. The normalized spacial score (nSPS) is 36.7. The molecule has 12 heteroatoms. The zero-order valence-electron chi connectivity index (χ0n) is 12.7. The minimum Gasteiger partial charge on any atom is -0.454 e. The van der Waals surface area contributed by atoms with E-state index < -0.39 is 58.6 Å². The lowest BCUT2D eigenvalue weighted by Gasteiger charge is -2.18. The Balaban J connectivity index is 1.49. The van der Waals surface area contributed by atoms with E-state index in [0.717, 1.165) is 0 Å². The van der Waals surface area contributed by atoms with Crippen LogP contribution in [0.15, 0.2) is 30.3 Å². The second-order valence-corrected chi connectivity index (χ2v) is 7.33. The fourth-order valence-electron chi connectivity index (χ4n) is 2.96. The van der Waals surface area contributed by atoms with Crippen LogP contribution < -0.4 is 0 Å². The molecule has 0 spiro atoms. The second kappa shape index (κ2) is 5.89. The molecule has 142 valence electrons. The van der Waals surface area contributed by atoms with Crippen molar-refractivity contribution in [3.63, 3.8) is 0 Å². The molecule has 0 saturated carbocycles. The van der Waals surface area contributed by atoms with Crippen molar-refractivity contribution >= 4 is 16.1 Å². The maximum atomic E-state index is 12.5. The van der Waals surface area contributed by atoms with Gasteiger partial charge in [0.2, 0.25) is 6.10 Å². The quantitative estimate of drug-likeness (QED) is 0.424. The Hall–Kier alpha value is -1.73. The van der Waals surface area contributed by atoms with Crippen LogP contribution in [0.4, 0.5) is 13.2 Å². The van der Waals surface area contributed by atoms with Crippen molar-refractivity contribution in [1.82, 2.24) is 0 Å². The van der Waals surface area contributed by atoms with Gasteiger partial charge in [0.05, 0.1) is 0 Å². The highest BCUT2D eigenvalue weighted by atomic mass is 32.2. The van der Waals surface area contributed by atoms with E-state index in [9.17, 15) is 26.4 Å². The van der Waals surface area contributed by atoms with Crippen LogP contribution in [0.2, 0.25) is 0 Å². The minimum absolute atomic E-state index is 0.666. The lowest BCUT2D eigenvalue weighted by molar-refractivity contribution is -0.172. The first-order valence-corrected chi connectivity index (χ1v) is 8.79. The molecular weight excluding hydrogens is 385 g/mol. The van der Waals surface area contributed by atoms with Gasteiger partial charge in [-0.05, 0) is 0 Å². The van der Waals surface area contributed by atoms with Crippen LogP contribution in [0.25, 0.3) is 0 Å². The Morgan fingerprint density at radius 1 is 0.962 bits per heavy atom. The molecule has 0 amide bonds. The summed E-state index contributed by atoms with van der Waals surface area (Å²) >= 11 is 0. The van der Waals surface area contributed by atoms with E-state index in [1.165, 1.54) is 0 Å². The number of ether oxygens (including phenoxy) is 4. The third-order valence-electron chi connectivity index (χ3n) is 4.11. The highest BCUT2D eigenvalue weighted by Gasteiger charge is 2.64. The molecule has 3 aliphatic rings. The average molecular weight is 396 g/mol. The van der Waals surface area contributed by atoms with Gasteiger partial charge in [0.1, 0.15) is 6.10 Å². The summed E-state index contributed by atoms with van der Waals surface area (Å²) in [6, 6.07) is 8.74. The van der Waals surface area contributed by atoms with Gasteiger partial charge in [-0.3, -0.25) is 0 Å². The molecule has 0 unspecified atom stereocenters. The van der Waals surface area contributed by atoms with Gasteiger partial charge in [0, 0.05) is 5.56 Å². The number of hydrogen-bond acceptors (Lipinski definition) is 8. The van der Waals surface area contributed by atoms with Gasteiger partial charge in [-0.1, -0.05) is 30.3 Å². The van der Waals surface area contributed by atoms with Crippen molar-refractivity contribution in [1.29, 1.82) is 0 Å². The van der Waals surface area contributed by atoms with Crippen LogP contribution in [-0.2, 0) is 38.0 Å². The van der Waals surface area contributed by atoms with E-state index in [0.29, 0.717) is 5.56 Å². The molecule has 0 N–H and O–H groups in total. The first kappa shape index (κ1) is 17.7. The SMILES string of the molecule is O=C1O[C@@H]2[C@H]3O[C@@H](c4ccccc4)O[C@H]3O[C@@H]2[C@@H]1OS(=O)(=O)C(F)(F)F. The molecule has 3 heterocycles. The van der Waals surface area contributed by atoms with Crippen molar-refractivity contribution < 1.29 is 49.5 Å². The Morgan fingerprint density at radius 3 is 2.31 bits per heavy atom. The largest absolute Gasteiger partial charge is 0.523 e. The summed E-state index contributed by atoms with van der Waals surface area (Å²) in [5, 5.41) is 0. The summed E-state index contributed by atoms with van der Waals surface area (Å²) in [6.45, 7) is 0. The topological polar surface area (TPSA) is 97.4 Å². The van der Waals surface area contributed by atoms with Crippen molar-refractivity contribution in [2.24, 2.45) is 0 Å². The third-order valence-corrected chi connectivity index (χ3v) is 5.14. The van der Waals surface area contributed by atoms with Crippen molar-refractivity contribution in [3.8, 4) is 0 Å². The van der Waals surface area contributed by atoms with Crippen LogP contribution in [0.5, 0.6) is 0 Å². The fraction of sp³-hybridized carbons (Fsp3) is 0.500. The van der Waals surface area contributed by atoms with Crippen LogP contribution in [0.1, 0.15) is 11.9 Å². The van der Waals surface area contributed by atoms with E-state index in [1.54, 1.807) is 30.3 Å². The number of esters is 1. The van der Waals surface area contributed by atoms with Gasteiger partial charge < -0.3 is 18.9 Å². The van der Waals surface area contributed by atoms with Gasteiger partial charge in [-0.2, -0.15) is 21.6 Å². The van der Waals surface area contributed by atoms with Gasteiger partial charge in [0.25, 0.3) is 0 Å². The van der Waals surface area contributed by atoms with Crippen LogP contribution in [0.3, 0.4) is 0 Å². The summed E-state index contributed by atoms with van der Waals surface area (Å²) in [6.07, 6.45) is -7.40. The molecule has 6 atom stereocenters. The van der Waals surface area contributed by atoms with Gasteiger partial charge in [-0.15, -0.1) is 0 Å². The lowest BCUT2D eigenvalue weighted by Crippen LogP contribution is -2.39. The molecule has 0 radical (unpaired) electrons. The standard InChI is InChI=1S/C14H11F3O8S/c15-14(16,17)26(19,20)25-9-7-8(21-11(9)18)10-13(22-7)24-12(23-10)6-4-2-1-3-5-6/h1-5,7-10,12-13H/t7-,8-,9-,10+,12+,13+/m0/s1. The molecule has 3 fully saturated rings. The van der Waals surface area contributed by atoms with E-state index >= 15 is 0 Å². The zero-order chi connectivity index (χ0) is 18.7. The van der Waals surface area contributed by atoms with Gasteiger partial charge >= 0.3 is 21.6 Å². The van der Waals surface area contributed by atoms with Crippen molar-refractivity contribution in [2.75, 3.05) is 0 Å². The number of halogens is 3. The van der Waals surface area contributed by atoms with E-state index in [-0.39, 0.29) is 0 Å². The van der Waals surface area contributed by atoms with Crippen molar-refractivity contribution in [3.05, 3.63) is 35.9 Å². The maximum absolute atomic E-state index is 12.5. The van der Waals surface area contributed by atoms with Gasteiger partial charge in [0.15, 0.2) is 24.8 Å². The van der Waals surface area contributed by atoms with Crippen LogP contribution in [0, 0.1) is 0 Å². The van der Waals surface area contributed by atoms with Gasteiger partial charge in [-0.25, -0.2) is 8.98 Å². The summed E-state index contributed by atoms with van der Waals surface area (Å²) in [4.78, 5) is 11.8. The number of alkyl halides is 3. The number of carbonyl (C=O) groups excluding carboxylic acids is 1. The smallest absolute Gasteiger partial charge is 0.454 e. The Morgan fingerprint density at radius 2 is 1.65 bits per heavy atom. The van der Waals surface area contributed by atoms with Crippen LogP contribution >= 0.6 is 0 Å². The first-order chi connectivity index (χ1) is 12.2. The van der Waals surface area contributed by atoms with E-state index in [1.807, 2.05) is 0 Å². The predicted molar refractivity (Wildman–Crippen MR) is 73.5 cm³/mol. The third kappa shape index (κ3) is 2.77. The lowest BCUT2D eigenvalue weighted by atomic mass is 10.1. The molecular formula is C14H11F3O8S. The Bertz CT molecular complexity index is 811. The maximum Gasteiger partial charge on any atom is 0.523 e. The fourth-order valence-corrected chi connectivity index (χ4v) is 3.53. The monoisotopic (exact) mass is 396 g/mol. The first-order valence-electron chi connectivity index (χ1n) is 7.39. The van der Waals surface area contributed by atoms with Crippen molar-refractivity contribution in [2.45, 2.75) is 42.5 Å². The molecule has 3 aliphatic heterocycles. The minimum atomic E-state index is -5.99. The number of rotatable bonds is 3. The number of carbonyl (C=O) groups is 1. The molecule has 8 nitrogen and oxygen atoms in total. The number of hydrogen-bond donors (Lipinski definition) is 0. The van der Waals surface area contributed by atoms with E-state index in [2.05, 4.69) is 4.18 Å². The van der Waals surface area contributed by atoms with Crippen LogP contribution in [-0.4, -0.2) is 50.6 Å². The highest BCUT2D eigenvalue weighted by Crippen LogP contribution is 2.44.